The number of aliphatic hydroxyl groups excluding tert-OH is 2. The molecule has 0 saturated carbocycles. The number of halogens is 2. The first kappa shape index (κ1) is 13.4. The van der Waals surface area contributed by atoms with Crippen molar-refractivity contribution < 1.29 is 10.2 Å². The van der Waals surface area contributed by atoms with Crippen LogP contribution in [0.3, 0.4) is 0 Å². The molecule has 0 amide bonds. The van der Waals surface area contributed by atoms with Crippen molar-refractivity contribution in [1.82, 2.24) is 9.97 Å². The van der Waals surface area contributed by atoms with E-state index >= 15 is 0 Å². The van der Waals surface area contributed by atoms with Crippen molar-refractivity contribution in [3.63, 3.8) is 0 Å². The molecule has 7 heteroatoms. The second-order valence-corrected chi connectivity index (χ2v) is 4.16. The van der Waals surface area contributed by atoms with Gasteiger partial charge in [-0.05, 0) is 18.0 Å². The minimum atomic E-state index is -0.860. The molecule has 0 aliphatic heterocycles. The highest BCUT2D eigenvalue weighted by Gasteiger charge is 2.27. The van der Waals surface area contributed by atoms with Crippen molar-refractivity contribution >= 4 is 29.0 Å². The third-order valence-corrected chi connectivity index (χ3v) is 2.84. The van der Waals surface area contributed by atoms with Gasteiger partial charge in [0.2, 0.25) is 5.28 Å². The molecular formula is C9H13Cl2N3O2. The summed E-state index contributed by atoms with van der Waals surface area (Å²) in [5, 5.41) is 21.7. The number of hydrogen-bond donors (Lipinski definition) is 3. The molecule has 0 unspecified atom stereocenters. The average Bonchev–Trinajstić information content (AvgIpc) is 2.31. The van der Waals surface area contributed by atoms with Gasteiger partial charge < -0.3 is 15.5 Å². The van der Waals surface area contributed by atoms with Crippen LogP contribution < -0.4 is 5.32 Å². The minimum Gasteiger partial charge on any atom is -0.394 e. The fourth-order valence-electron chi connectivity index (χ4n) is 1.13. The van der Waals surface area contributed by atoms with Crippen LogP contribution in [0, 0.1) is 0 Å². The minimum absolute atomic E-state index is 0.0489. The number of nitrogens with one attached hydrogen (secondary N) is 1. The van der Waals surface area contributed by atoms with Crippen molar-refractivity contribution in [3.05, 3.63) is 16.5 Å². The second kappa shape index (κ2) is 5.63. The van der Waals surface area contributed by atoms with Crippen molar-refractivity contribution in [3.8, 4) is 0 Å². The van der Waals surface area contributed by atoms with Crippen molar-refractivity contribution in [2.24, 2.45) is 0 Å². The maximum atomic E-state index is 9.26. The molecule has 5 nitrogen and oxygen atoms in total. The Morgan fingerprint density at radius 3 is 2.50 bits per heavy atom. The highest BCUT2D eigenvalue weighted by molar-refractivity contribution is 6.33. The van der Waals surface area contributed by atoms with Gasteiger partial charge in [-0.1, -0.05) is 18.5 Å². The van der Waals surface area contributed by atoms with Gasteiger partial charge in [-0.25, -0.2) is 4.98 Å². The fraction of sp³-hybridized carbons (Fsp3) is 0.556. The summed E-state index contributed by atoms with van der Waals surface area (Å²) in [7, 11) is 0. The Kier molecular flexibility index (Phi) is 4.73. The van der Waals surface area contributed by atoms with E-state index in [0.717, 1.165) is 0 Å². The Bertz CT molecular complexity index is 350. The van der Waals surface area contributed by atoms with Gasteiger partial charge in [0.15, 0.2) is 0 Å². The summed E-state index contributed by atoms with van der Waals surface area (Å²) in [6.45, 7) is 1.35. The second-order valence-electron chi connectivity index (χ2n) is 3.41. The molecule has 0 bridgehead atoms. The standard InChI is InChI=1S/C9H13Cl2N3O2/c1-2-9(4-15,5-16)14-7-6(10)3-12-8(11)13-7/h3,15-16H,2,4-5H2,1H3,(H,12,13,14). The molecular weight excluding hydrogens is 253 g/mol. The number of anilines is 1. The van der Waals surface area contributed by atoms with Gasteiger partial charge in [0.25, 0.3) is 0 Å². The first-order valence-electron chi connectivity index (χ1n) is 4.75. The fourth-order valence-corrected chi connectivity index (χ4v) is 1.40. The average molecular weight is 266 g/mol. The van der Waals surface area contributed by atoms with E-state index in [1.807, 2.05) is 6.92 Å². The van der Waals surface area contributed by atoms with Crippen LogP contribution in [0.4, 0.5) is 5.82 Å². The highest BCUT2D eigenvalue weighted by atomic mass is 35.5. The third-order valence-electron chi connectivity index (χ3n) is 2.38. The number of nitrogens with zero attached hydrogens (tertiary/aromatic N) is 2. The number of aromatic nitrogens is 2. The number of hydrogen-bond acceptors (Lipinski definition) is 5. The summed E-state index contributed by atoms with van der Waals surface area (Å²) < 4.78 is 0. The Balaban J connectivity index is 2.97. The molecule has 90 valence electrons. The van der Waals surface area contributed by atoms with Gasteiger partial charge in [-0.15, -0.1) is 0 Å². The molecule has 0 spiro atoms. The zero-order valence-electron chi connectivity index (χ0n) is 8.74. The lowest BCUT2D eigenvalue weighted by Crippen LogP contribution is -2.45. The van der Waals surface area contributed by atoms with Crippen molar-refractivity contribution in [2.75, 3.05) is 18.5 Å². The van der Waals surface area contributed by atoms with Gasteiger partial charge in [-0.3, -0.25) is 0 Å². The maximum absolute atomic E-state index is 9.26. The van der Waals surface area contributed by atoms with E-state index in [-0.39, 0.29) is 23.5 Å². The summed E-state index contributed by atoms with van der Waals surface area (Å²) in [5.41, 5.74) is -0.860. The Hall–Kier alpha value is -0.620. The predicted octanol–water partition coefficient (Wildman–Crippen LogP) is 1.33. The highest BCUT2D eigenvalue weighted by Crippen LogP contribution is 2.24. The van der Waals surface area contributed by atoms with E-state index in [1.165, 1.54) is 6.20 Å². The van der Waals surface area contributed by atoms with Crippen LogP contribution in [0.5, 0.6) is 0 Å². The molecule has 0 fully saturated rings. The lowest BCUT2D eigenvalue weighted by atomic mass is 9.98. The smallest absolute Gasteiger partial charge is 0.224 e. The molecule has 0 aliphatic rings. The topological polar surface area (TPSA) is 78.3 Å². The van der Waals surface area contributed by atoms with Gasteiger partial charge in [0.1, 0.15) is 10.8 Å². The van der Waals surface area contributed by atoms with Crippen molar-refractivity contribution in [2.45, 2.75) is 18.9 Å². The molecule has 0 aromatic carbocycles. The zero-order valence-corrected chi connectivity index (χ0v) is 10.3. The van der Waals surface area contributed by atoms with Crippen LogP contribution in [0.2, 0.25) is 10.3 Å². The Labute approximate surface area is 103 Å². The van der Waals surface area contributed by atoms with E-state index in [2.05, 4.69) is 15.3 Å². The third kappa shape index (κ3) is 2.95. The van der Waals surface area contributed by atoms with Crippen LogP contribution in [0.15, 0.2) is 6.20 Å². The number of aliphatic hydroxyl groups is 2. The summed E-state index contributed by atoms with van der Waals surface area (Å²) in [4.78, 5) is 7.59. The lowest BCUT2D eigenvalue weighted by Gasteiger charge is -2.30. The Morgan fingerprint density at radius 1 is 1.38 bits per heavy atom. The molecule has 0 aliphatic carbocycles. The summed E-state index contributed by atoms with van der Waals surface area (Å²) in [6.07, 6.45) is 1.87. The van der Waals surface area contributed by atoms with Gasteiger partial charge >= 0.3 is 0 Å². The SMILES string of the molecule is CCC(CO)(CO)Nc1nc(Cl)ncc1Cl. The molecule has 3 N–H and O–H groups in total. The van der Waals surface area contributed by atoms with Gasteiger partial charge in [0, 0.05) is 0 Å². The molecule has 16 heavy (non-hydrogen) atoms. The van der Waals surface area contributed by atoms with Crippen molar-refractivity contribution in [1.29, 1.82) is 0 Å². The van der Waals surface area contributed by atoms with Crippen LogP contribution >= 0.6 is 23.2 Å². The van der Waals surface area contributed by atoms with Crippen LogP contribution in [0.1, 0.15) is 13.3 Å². The van der Waals surface area contributed by atoms with E-state index in [1.54, 1.807) is 0 Å². The molecule has 0 atom stereocenters. The lowest BCUT2D eigenvalue weighted by molar-refractivity contribution is 0.132. The zero-order chi connectivity index (χ0) is 12.2. The molecule has 1 rings (SSSR count). The first-order chi connectivity index (χ1) is 7.56. The summed E-state index contributed by atoms with van der Waals surface area (Å²) in [5.74, 6) is 0.298. The van der Waals surface area contributed by atoms with Gasteiger partial charge in [0.05, 0.1) is 24.9 Å². The van der Waals surface area contributed by atoms with Crippen LogP contribution in [-0.4, -0.2) is 38.9 Å². The first-order valence-corrected chi connectivity index (χ1v) is 5.50. The monoisotopic (exact) mass is 265 g/mol. The molecule has 0 radical (unpaired) electrons. The summed E-state index contributed by atoms with van der Waals surface area (Å²) in [6, 6.07) is 0. The van der Waals surface area contributed by atoms with E-state index in [9.17, 15) is 10.2 Å². The normalized spacial score (nSPS) is 11.6. The Morgan fingerprint density at radius 2 is 2.00 bits per heavy atom. The molecule has 1 heterocycles. The molecule has 1 aromatic rings. The van der Waals surface area contributed by atoms with E-state index in [0.29, 0.717) is 12.2 Å². The van der Waals surface area contributed by atoms with Crippen LogP contribution in [-0.2, 0) is 0 Å². The van der Waals surface area contributed by atoms with E-state index < -0.39 is 5.54 Å². The summed E-state index contributed by atoms with van der Waals surface area (Å²) >= 11 is 11.5. The van der Waals surface area contributed by atoms with Crippen LogP contribution in [0.25, 0.3) is 0 Å². The van der Waals surface area contributed by atoms with E-state index in [4.69, 9.17) is 23.2 Å². The van der Waals surface area contributed by atoms with Gasteiger partial charge in [-0.2, -0.15) is 4.98 Å². The molecule has 0 saturated heterocycles. The largest absolute Gasteiger partial charge is 0.394 e. The quantitative estimate of drug-likeness (QED) is 0.701. The molecule has 1 aromatic heterocycles. The maximum Gasteiger partial charge on any atom is 0.224 e. The number of rotatable bonds is 5. The predicted molar refractivity (Wildman–Crippen MR) is 62.9 cm³/mol.